The maximum Gasteiger partial charge on any atom is 0.291 e. The number of ether oxygens (including phenoxy) is 2. The van der Waals surface area contributed by atoms with E-state index in [1.807, 2.05) is 0 Å². The molecule has 0 saturated carbocycles. The molecule has 0 atom stereocenters. The Morgan fingerprint density at radius 2 is 1.72 bits per heavy atom. The summed E-state index contributed by atoms with van der Waals surface area (Å²) in [5.74, 6) is -0.0862. The lowest BCUT2D eigenvalue weighted by molar-refractivity contribution is 0.0995. The summed E-state index contributed by atoms with van der Waals surface area (Å²) >= 11 is 6.10. The van der Waals surface area contributed by atoms with Gasteiger partial charge >= 0.3 is 0 Å². The van der Waals surface area contributed by atoms with E-state index < -0.39 is 15.7 Å². The van der Waals surface area contributed by atoms with Gasteiger partial charge in [-0.15, -0.1) is 0 Å². The Hall–Kier alpha value is -2.97. The predicted molar refractivity (Wildman–Crippen MR) is 109 cm³/mol. The molecule has 3 aromatic rings. The number of sulfone groups is 1. The monoisotopic (exact) mass is 435 g/mol. The number of hydrogen-bond donors (Lipinski definition) is 1. The number of anilines is 1. The number of hydrogen-bond acceptors (Lipinski definition) is 6. The van der Waals surface area contributed by atoms with Gasteiger partial charge in [-0.2, -0.15) is 0 Å². The fraction of sp³-hybridized carbons (Fsp3) is 0.150. The molecule has 2 aromatic carbocycles. The second-order valence-corrected chi connectivity index (χ2v) is 8.38. The summed E-state index contributed by atoms with van der Waals surface area (Å²) in [5, 5.41) is 2.92. The molecule has 3 rings (SSSR count). The van der Waals surface area contributed by atoms with Gasteiger partial charge in [0.05, 0.1) is 29.8 Å². The number of methoxy groups -OCH3 is 2. The van der Waals surface area contributed by atoms with E-state index in [0.717, 1.165) is 0 Å². The molecular formula is C20H18ClNO6S. The third kappa shape index (κ3) is 4.72. The van der Waals surface area contributed by atoms with Crippen molar-refractivity contribution in [2.24, 2.45) is 0 Å². The smallest absolute Gasteiger partial charge is 0.291 e. The lowest BCUT2D eigenvalue weighted by atomic mass is 10.2. The molecule has 1 heterocycles. The van der Waals surface area contributed by atoms with Gasteiger partial charge in [-0.3, -0.25) is 4.79 Å². The van der Waals surface area contributed by atoms with E-state index in [1.165, 1.54) is 50.6 Å². The van der Waals surface area contributed by atoms with E-state index in [4.69, 9.17) is 25.5 Å². The Labute approximate surface area is 173 Å². The van der Waals surface area contributed by atoms with E-state index >= 15 is 0 Å². The number of rotatable bonds is 7. The summed E-state index contributed by atoms with van der Waals surface area (Å²) in [4.78, 5) is 12.7. The molecule has 0 radical (unpaired) electrons. The highest BCUT2D eigenvalue weighted by Gasteiger charge is 2.20. The molecule has 0 bridgehead atoms. The topological polar surface area (TPSA) is 94.8 Å². The Morgan fingerprint density at radius 3 is 2.38 bits per heavy atom. The molecule has 1 N–H and O–H groups in total. The lowest BCUT2D eigenvalue weighted by Crippen LogP contribution is -2.12. The predicted octanol–water partition coefficient (Wildman–Crippen LogP) is 4.18. The normalized spacial score (nSPS) is 11.1. The quantitative estimate of drug-likeness (QED) is 0.598. The van der Waals surface area contributed by atoms with Crippen molar-refractivity contribution in [2.75, 3.05) is 19.5 Å². The van der Waals surface area contributed by atoms with Crippen molar-refractivity contribution in [3.63, 3.8) is 0 Å². The van der Waals surface area contributed by atoms with Gasteiger partial charge in [0.1, 0.15) is 23.0 Å². The molecule has 0 saturated heterocycles. The fourth-order valence-electron chi connectivity index (χ4n) is 2.62. The Morgan fingerprint density at radius 1 is 1.03 bits per heavy atom. The van der Waals surface area contributed by atoms with Crippen LogP contribution in [0.3, 0.4) is 0 Å². The second-order valence-electron chi connectivity index (χ2n) is 5.98. The molecular weight excluding hydrogens is 418 g/mol. The van der Waals surface area contributed by atoms with Crippen molar-refractivity contribution in [1.29, 1.82) is 0 Å². The summed E-state index contributed by atoms with van der Waals surface area (Å²) < 4.78 is 40.7. The van der Waals surface area contributed by atoms with E-state index in [2.05, 4.69) is 5.32 Å². The van der Waals surface area contributed by atoms with Gasteiger partial charge < -0.3 is 19.2 Å². The van der Waals surface area contributed by atoms with Crippen molar-refractivity contribution in [3.05, 3.63) is 71.1 Å². The summed E-state index contributed by atoms with van der Waals surface area (Å²) in [6.45, 7) is 0. The minimum Gasteiger partial charge on any atom is -0.495 e. The highest BCUT2D eigenvalue weighted by atomic mass is 35.5. The van der Waals surface area contributed by atoms with E-state index in [0.29, 0.717) is 17.2 Å². The van der Waals surface area contributed by atoms with Crippen LogP contribution in [0.25, 0.3) is 0 Å². The van der Waals surface area contributed by atoms with Gasteiger partial charge in [0.2, 0.25) is 0 Å². The van der Waals surface area contributed by atoms with Crippen LogP contribution in [-0.2, 0) is 15.6 Å². The van der Waals surface area contributed by atoms with Crippen LogP contribution >= 0.6 is 11.6 Å². The van der Waals surface area contributed by atoms with Crippen LogP contribution in [-0.4, -0.2) is 28.5 Å². The number of amides is 1. The van der Waals surface area contributed by atoms with Crippen molar-refractivity contribution in [1.82, 2.24) is 0 Å². The first-order valence-corrected chi connectivity index (χ1v) is 10.5. The molecule has 29 heavy (non-hydrogen) atoms. The number of halogens is 1. The zero-order valence-electron chi connectivity index (χ0n) is 15.6. The van der Waals surface area contributed by atoms with Crippen LogP contribution in [0.2, 0.25) is 5.02 Å². The number of carbonyl (C=O) groups is 1. The van der Waals surface area contributed by atoms with Crippen LogP contribution < -0.4 is 14.8 Å². The summed E-state index contributed by atoms with van der Waals surface area (Å²) in [6, 6.07) is 13.9. The lowest BCUT2D eigenvalue weighted by Gasteiger charge is -2.12. The standard InChI is InChI=1S/C20H18ClNO6S/c1-26-18-11-19(27-2)16(10-15(18)21)22-20(23)17-9-8-13(28-17)12-29(24,25)14-6-4-3-5-7-14/h3-11H,12H2,1-2H3,(H,22,23). The summed E-state index contributed by atoms with van der Waals surface area (Å²) in [7, 11) is -0.678. The molecule has 0 unspecified atom stereocenters. The van der Waals surface area contributed by atoms with Crippen molar-refractivity contribution in [3.8, 4) is 11.5 Å². The Balaban J connectivity index is 1.77. The maximum atomic E-state index is 12.5. The van der Waals surface area contributed by atoms with Gasteiger partial charge in [0, 0.05) is 6.07 Å². The number of nitrogens with one attached hydrogen (secondary N) is 1. The molecule has 152 valence electrons. The summed E-state index contributed by atoms with van der Waals surface area (Å²) in [5.41, 5.74) is 0.318. The van der Waals surface area contributed by atoms with Crippen molar-refractivity contribution < 1.29 is 27.1 Å². The first-order valence-electron chi connectivity index (χ1n) is 8.43. The van der Waals surface area contributed by atoms with Crippen LogP contribution in [0.15, 0.2) is 63.9 Å². The van der Waals surface area contributed by atoms with Gasteiger partial charge in [0.15, 0.2) is 15.6 Å². The molecule has 7 nitrogen and oxygen atoms in total. The van der Waals surface area contributed by atoms with Crippen molar-refractivity contribution >= 4 is 33.0 Å². The maximum absolute atomic E-state index is 12.5. The highest BCUT2D eigenvalue weighted by Crippen LogP contribution is 2.36. The first kappa shape index (κ1) is 20.8. The molecule has 0 spiro atoms. The first-order chi connectivity index (χ1) is 13.8. The zero-order chi connectivity index (χ0) is 21.0. The Bertz CT molecular complexity index is 1130. The van der Waals surface area contributed by atoms with Crippen LogP contribution in [0.1, 0.15) is 16.3 Å². The zero-order valence-corrected chi connectivity index (χ0v) is 17.2. The molecule has 1 amide bonds. The minimum absolute atomic E-state index is 0.0442. The second kappa shape index (κ2) is 8.59. The number of furan rings is 1. The fourth-order valence-corrected chi connectivity index (χ4v) is 4.13. The number of benzene rings is 2. The molecule has 0 aliphatic rings. The number of carbonyl (C=O) groups excluding carboxylic acids is 1. The van der Waals surface area contributed by atoms with Gasteiger partial charge in [0.25, 0.3) is 5.91 Å². The third-order valence-corrected chi connectivity index (χ3v) is 5.99. The van der Waals surface area contributed by atoms with Gasteiger partial charge in [-0.25, -0.2) is 8.42 Å². The van der Waals surface area contributed by atoms with Crippen LogP contribution in [0.5, 0.6) is 11.5 Å². The van der Waals surface area contributed by atoms with Gasteiger partial charge in [-0.05, 0) is 30.3 Å². The molecule has 0 fully saturated rings. The average Bonchev–Trinajstić information content (AvgIpc) is 3.17. The largest absolute Gasteiger partial charge is 0.495 e. The van der Waals surface area contributed by atoms with Crippen LogP contribution in [0, 0.1) is 0 Å². The average molecular weight is 436 g/mol. The SMILES string of the molecule is COc1cc(OC)c(NC(=O)c2ccc(CS(=O)(=O)c3ccccc3)o2)cc1Cl. The van der Waals surface area contributed by atoms with E-state index in [1.54, 1.807) is 18.2 Å². The molecule has 0 aliphatic carbocycles. The van der Waals surface area contributed by atoms with Crippen LogP contribution in [0.4, 0.5) is 5.69 Å². The molecule has 1 aromatic heterocycles. The minimum atomic E-state index is -3.59. The Kier molecular flexibility index (Phi) is 6.14. The highest BCUT2D eigenvalue weighted by molar-refractivity contribution is 7.90. The summed E-state index contributed by atoms with van der Waals surface area (Å²) in [6.07, 6.45) is 0. The molecule has 0 aliphatic heterocycles. The molecule has 9 heteroatoms. The van der Waals surface area contributed by atoms with E-state index in [-0.39, 0.29) is 27.2 Å². The van der Waals surface area contributed by atoms with E-state index in [9.17, 15) is 13.2 Å². The third-order valence-electron chi connectivity index (χ3n) is 4.04. The van der Waals surface area contributed by atoms with Gasteiger partial charge in [-0.1, -0.05) is 29.8 Å². The van der Waals surface area contributed by atoms with Crippen molar-refractivity contribution in [2.45, 2.75) is 10.6 Å².